The number of carbonyl (C=O) groups excluding carboxylic acids is 3. The zero-order valence-corrected chi connectivity index (χ0v) is 18.9. The lowest BCUT2D eigenvalue weighted by molar-refractivity contribution is -0.120. The summed E-state index contributed by atoms with van der Waals surface area (Å²) in [6.07, 6.45) is 4.37. The van der Waals surface area contributed by atoms with Crippen molar-refractivity contribution in [3.05, 3.63) is 56.2 Å². The second-order valence-electron chi connectivity index (χ2n) is 6.85. The molecule has 0 aliphatic carbocycles. The summed E-state index contributed by atoms with van der Waals surface area (Å²) < 4.78 is 16.3. The number of hydrogen-bond donors (Lipinski definition) is 1. The monoisotopic (exact) mass is 460 g/mol. The van der Waals surface area contributed by atoms with Crippen molar-refractivity contribution in [2.24, 2.45) is 0 Å². The number of amides is 2. The van der Waals surface area contributed by atoms with Crippen molar-refractivity contribution >= 4 is 34.6 Å². The fraction of sp³-hybridized carbons (Fsp3) is 0.348. The lowest BCUT2D eigenvalue weighted by Crippen LogP contribution is -2.43. The van der Waals surface area contributed by atoms with Gasteiger partial charge in [0.05, 0.1) is 0 Å². The van der Waals surface area contributed by atoms with Crippen molar-refractivity contribution in [3.8, 4) is 11.5 Å². The minimum Gasteiger partial charge on any atom is -0.486 e. The molecule has 0 aromatic heterocycles. The molecule has 0 radical (unpaired) electrons. The number of rotatable bonds is 11. The molecule has 0 spiro atoms. The van der Waals surface area contributed by atoms with Gasteiger partial charge in [0, 0.05) is 30.5 Å². The van der Waals surface area contributed by atoms with Crippen molar-refractivity contribution < 1.29 is 28.6 Å². The average molecular weight is 461 g/mol. The van der Waals surface area contributed by atoms with E-state index in [0.717, 1.165) is 11.8 Å². The summed E-state index contributed by atoms with van der Waals surface area (Å²) in [5.74, 6) is 0.544. The summed E-state index contributed by atoms with van der Waals surface area (Å²) in [4.78, 5) is 38.4. The van der Waals surface area contributed by atoms with E-state index in [0.29, 0.717) is 30.2 Å². The molecule has 32 heavy (non-hydrogen) atoms. The molecule has 9 heteroatoms. The van der Waals surface area contributed by atoms with E-state index in [4.69, 9.17) is 14.2 Å². The highest BCUT2D eigenvalue weighted by atomic mass is 32.2. The Morgan fingerprint density at radius 2 is 1.75 bits per heavy atom. The molecule has 1 aliphatic heterocycles. The third-order valence-electron chi connectivity index (χ3n) is 4.38. The number of nitrogens with one attached hydrogen (secondary N) is 1. The van der Waals surface area contributed by atoms with E-state index in [2.05, 4.69) is 25.1 Å². The Kier molecular flexibility index (Phi) is 9.87. The van der Waals surface area contributed by atoms with Crippen LogP contribution < -0.4 is 14.8 Å². The number of thioether (sulfide) groups is 1. The van der Waals surface area contributed by atoms with Crippen LogP contribution >= 0.6 is 11.8 Å². The summed E-state index contributed by atoms with van der Waals surface area (Å²) in [6, 6.07) is 4.21. The van der Waals surface area contributed by atoms with E-state index < -0.39 is 12.1 Å². The topological polar surface area (TPSA) is 94.2 Å². The predicted molar refractivity (Wildman–Crippen MR) is 125 cm³/mol. The van der Waals surface area contributed by atoms with Gasteiger partial charge in [0.15, 0.2) is 16.6 Å². The Morgan fingerprint density at radius 1 is 1.09 bits per heavy atom. The zero-order chi connectivity index (χ0) is 23.5. The summed E-state index contributed by atoms with van der Waals surface area (Å²) in [7, 11) is 0. The van der Waals surface area contributed by atoms with Gasteiger partial charge < -0.3 is 19.5 Å². The van der Waals surface area contributed by atoms with Crippen molar-refractivity contribution in [1.82, 2.24) is 4.90 Å². The first-order chi connectivity index (χ1) is 15.4. The normalized spacial score (nSPS) is 17.2. The van der Waals surface area contributed by atoms with Gasteiger partial charge in [0.2, 0.25) is 5.91 Å². The van der Waals surface area contributed by atoms with Crippen LogP contribution in [-0.2, 0) is 14.3 Å². The molecular formula is C23H28N2O6S. The maximum atomic E-state index is 13.0. The minimum absolute atomic E-state index is 0.0321. The second kappa shape index (κ2) is 12.6. The van der Waals surface area contributed by atoms with E-state index in [9.17, 15) is 14.4 Å². The van der Waals surface area contributed by atoms with Crippen LogP contribution in [0.2, 0.25) is 0 Å². The van der Waals surface area contributed by atoms with Crippen LogP contribution in [0.4, 0.5) is 10.5 Å². The van der Waals surface area contributed by atoms with E-state index in [1.165, 1.54) is 17.9 Å². The summed E-state index contributed by atoms with van der Waals surface area (Å²) in [5, 5.41) is 2.55. The molecule has 8 nitrogen and oxygen atoms in total. The highest BCUT2D eigenvalue weighted by molar-refractivity contribution is 8.14. The van der Waals surface area contributed by atoms with Crippen LogP contribution in [0.1, 0.15) is 13.3 Å². The molecule has 1 aromatic carbocycles. The molecule has 1 aromatic rings. The molecule has 2 rings (SSSR count). The van der Waals surface area contributed by atoms with Gasteiger partial charge in [-0.25, -0.2) is 4.79 Å². The highest BCUT2D eigenvalue weighted by Gasteiger charge is 2.41. The Labute approximate surface area is 192 Å². The Morgan fingerprint density at radius 3 is 2.38 bits per heavy atom. The van der Waals surface area contributed by atoms with E-state index >= 15 is 0 Å². The third-order valence-corrected chi connectivity index (χ3v) is 5.39. The van der Waals surface area contributed by atoms with Crippen LogP contribution in [0, 0.1) is 0 Å². The fourth-order valence-electron chi connectivity index (χ4n) is 3.12. The lowest BCUT2D eigenvalue weighted by atomic mass is 10.2. The maximum absolute atomic E-state index is 13.0. The highest BCUT2D eigenvalue weighted by Crippen LogP contribution is 2.32. The van der Waals surface area contributed by atoms with Gasteiger partial charge in [-0.2, -0.15) is 0 Å². The molecule has 1 aliphatic rings. The third kappa shape index (κ3) is 7.19. The molecule has 1 saturated heterocycles. The van der Waals surface area contributed by atoms with Gasteiger partial charge >= 0.3 is 6.09 Å². The number of hydrogen-bond acceptors (Lipinski definition) is 7. The molecular weight excluding hydrogens is 432 g/mol. The molecule has 2 atom stereocenters. The lowest BCUT2D eigenvalue weighted by Gasteiger charge is -2.23. The molecule has 0 saturated carbocycles. The second-order valence-corrected chi connectivity index (χ2v) is 8.33. The molecule has 2 unspecified atom stereocenters. The number of nitrogens with zero attached hydrogens (tertiary/aromatic N) is 1. The van der Waals surface area contributed by atoms with Crippen molar-refractivity contribution in [2.45, 2.75) is 24.6 Å². The molecule has 1 fully saturated rings. The molecule has 2 amide bonds. The standard InChI is InChI=1S/C23H28N2O6S/c1-5-10-29-20-9-8-17(13-21(20)30-11-6-2)24-22(27)19-14-18(32-16(4)26)15-25(19)23(28)31-12-7-3/h5-9,13,18-19H,1-3,10-12,14-15H2,4H3,(H,24,27). The molecule has 0 bridgehead atoms. The summed E-state index contributed by atoms with van der Waals surface area (Å²) in [5.41, 5.74) is 0.474. The van der Waals surface area contributed by atoms with Crippen LogP contribution in [0.3, 0.4) is 0 Å². The van der Waals surface area contributed by atoms with E-state index in [1.807, 2.05) is 0 Å². The van der Waals surface area contributed by atoms with E-state index in [-0.39, 0.29) is 36.0 Å². The number of carbonyl (C=O) groups is 3. The smallest absolute Gasteiger partial charge is 0.410 e. The van der Waals surface area contributed by atoms with Crippen molar-refractivity contribution in [1.29, 1.82) is 0 Å². The van der Waals surface area contributed by atoms with Gasteiger partial charge in [-0.05, 0) is 18.6 Å². The first kappa shape index (κ1) is 25.1. The number of benzene rings is 1. The van der Waals surface area contributed by atoms with Gasteiger partial charge in [-0.15, -0.1) is 0 Å². The average Bonchev–Trinajstić information content (AvgIpc) is 3.18. The quantitative estimate of drug-likeness (QED) is 0.502. The minimum atomic E-state index is -0.779. The summed E-state index contributed by atoms with van der Waals surface area (Å²) >= 11 is 1.11. The number of ether oxygens (including phenoxy) is 3. The van der Waals surface area contributed by atoms with Gasteiger partial charge in [0.1, 0.15) is 25.9 Å². The Bertz CT molecular complexity index is 872. The SMILES string of the molecule is C=CCOC(=O)N1CC(SC(C)=O)CC1C(=O)Nc1ccc(OCC=C)c(OCC=C)c1. The van der Waals surface area contributed by atoms with Gasteiger partial charge in [0.25, 0.3) is 0 Å². The van der Waals surface area contributed by atoms with Crippen molar-refractivity contribution in [2.75, 3.05) is 31.7 Å². The summed E-state index contributed by atoms with van der Waals surface area (Å²) in [6.45, 7) is 13.1. The van der Waals surface area contributed by atoms with Crippen LogP contribution in [-0.4, -0.2) is 59.7 Å². The molecule has 172 valence electrons. The van der Waals surface area contributed by atoms with Gasteiger partial charge in [-0.3, -0.25) is 14.5 Å². The first-order valence-corrected chi connectivity index (χ1v) is 10.9. The number of likely N-dealkylation sites (tertiary alicyclic amines) is 1. The predicted octanol–water partition coefficient (Wildman–Crippen LogP) is 3.80. The van der Waals surface area contributed by atoms with Crippen LogP contribution in [0.25, 0.3) is 0 Å². The van der Waals surface area contributed by atoms with Crippen LogP contribution in [0.5, 0.6) is 11.5 Å². The first-order valence-electron chi connectivity index (χ1n) is 10.0. The van der Waals surface area contributed by atoms with Crippen molar-refractivity contribution in [3.63, 3.8) is 0 Å². The zero-order valence-electron chi connectivity index (χ0n) is 18.1. The fourth-order valence-corrected chi connectivity index (χ4v) is 4.10. The van der Waals surface area contributed by atoms with Crippen LogP contribution in [0.15, 0.2) is 56.2 Å². The molecule has 1 heterocycles. The van der Waals surface area contributed by atoms with E-state index in [1.54, 1.807) is 30.4 Å². The van der Waals surface area contributed by atoms with Gasteiger partial charge in [-0.1, -0.05) is 49.7 Å². The largest absolute Gasteiger partial charge is 0.486 e. The Hall–Kier alpha value is -3.20. The Balaban J connectivity index is 2.18. The number of anilines is 1. The molecule has 1 N–H and O–H groups in total. The maximum Gasteiger partial charge on any atom is 0.410 e.